The average Bonchev–Trinajstić information content (AvgIpc) is 2.39. The van der Waals surface area contributed by atoms with Crippen LogP contribution in [0.25, 0.3) is 0 Å². The molecular weight excluding hydrogens is 140 g/mol. The third kappa shape index (κ3) is 1.78. The van der Waals surface area contributed by atoms with Crippen LogP contribution in [0.3, 0.4) is 0 Å². The van der Waals surface area contributed by atoms with Crippen molar-refractivity contribution >= 4 is 0 Å². The molecule has 1 aromatic rings. The first-order valence-electron chi connectivity index (χ1n) is 3.68. The number of nitrogens with zero attached hydrogens (tertiary/aromatic N) is 2. The van der Waals surface area contributed by atoms with Gasteiger partial charge in [-0.3, -0.25) is 4.68 Å². The lowest BCUT2D eigenvalue weighted by Crippen LogP contribution is -2.26. The van der Waals surface area contributed by atoms with Crippen LogP contribution < -0.4 is 11.5 Å². The van der Waals surface area contributed by atoms with Crippen LogP contribution in [-0.2, 0) is 0 Å². The Bertz CT molecular complexity index is 214. The topological polar surface area (TPSA) is 69.9 Å². The third-order valence-corrected chi connectivity index (χ3v) is 1.65. The van der Waals surface area contributed by atoms with E-state index in [1.165, 1.54) is 0 Å². The first-order chi connectivity index (χ1) is 5.27. The Kier molecular flexibility index (Phi) is 2.62. The maximum atomic E-state index is 5.48. The maximum absolute atomic E-state index is 5.48. The SMILES string of the molecule is Cc1cnn(C(CN)CN)c1. The summed E-state index contributed by atoms with van der Waals surface area (Å²) in [7, 11) is 0. The number of rotatable bonds is 3. The molecular formula is C7H14N4. The van der Waals surface area contributed by atoms with Crippen molar-refractivity contribution in [1.29, 1.82) is 0 Å². The molecule has 0 aromatic carbocycles. The lowest BCUT2D eigenvalue weighted by Gasteiger charge is -2.11. The molecule has 0 saturated heterocycles. The molecule has 1 heterocycles. The molecule has 4 N–H and O–H groups in total. The predicted molar refractivity (Wildman–Crippen MR) is 44.1 cm³/mol. The molecule has 0 unspecified atom stereocenters. The van der Waals surface area contributed by atoms with Crippen molar-refractivity contribution < 1.29 is 0 Å². The van der Waals surface area contributed by atoms with E-state index in [9.17, 15) is 0 Å². The van der Waals surface area contributed by atoms with Gasteiger partial charge in [-0.15, -0.1) is 0 Å². The number of aromatic nitrogens is 2. The first-order valence-corrected chi connectivity index (χ1v) is 3.68. The Labute approximate surface area is 66.2 Å². The minimum absolute atomic E-state index is 0.142. The molecule has 0 fully saturated rings. The van der Waals surface area contributed by atoms with Crippen molar-refractivity contribution in [1.82, 2.24) is 9.78 Å². The summed E-state index contributed by atoms with van der Waals surface area (Å²) in [5.74, 6) is 0. The molecule has 4 heteroatoms. The van der Waals surface area contributed by atoms with Gasteiger partial charge in [0.1, 0.15) is 0 Å². The summed E-state index contributed by atoms with van der Waals surface area (Å²) >= 11 is 0. The van der Waals surface area contributed by atoms with Crippen molar-refractivity contribution in [3.8, 4) is 0 Å². The second-order valence-corrected chi connectivity index (χ2v) is 2.62. The molecule has 0 bridgehead atoms. The van der Waals surface area contributed by atoms with E-state index in [1.807, 2.05) is 17.8 Å². The quantitative estimate of drug-likeness (QED) is 0.625. The standard InChI is InChI=1S/C7H14N4/c1-6-4-10-11(5-6)7(2-8)3-9/h4-5,7H,2-3,8-9H2,1H3. The lowest BCUT2D eigenvalue weighted by molar-refractivity contribution is 0.471. The summed E-state index contributed by atoms with van der Waals surface area (Å²) in [6.07, 6.45) is 3.75. The van der Waals surface area contributed by atoms with E-state index in [1.54, 1.807) is 6.20 Å². The Hall–Kier alpha value is -0.870. The van der Waals surface area contributed by atoms with Crippen LogP contribution >= 0.6 is 0 Å². The molecule has 0 amide bonds. The highest BCUT2D eigenvalue weighted by molar-refractivity contribution is 5.00. The van der Waals surface area contributed by atoms with Gasteiger partial charge in [-0.2, -0.15) is 5.10 Å². The molecule has 0 atom stereocenters. The van der Waals surface area contributed by atoms with E-state index in [-0.39, 0.29) is 6.04 Å². The van der Waals surface area contributed by atoms with Gasteiger partial charge in [-0.25, -0.2) is 0 Å². The molecule has 0 aliphatic carbocycles. The highest BCUT2D eigenvalue weighted by atomic mass is 15.3. The van der Waals surface area contributed by atoms with Crippen LogP contribution in [0.15, 0.2) is 12.4 Å². The van der Waals surface area contributed by atoms with Gasteiger partial charge < -0.3 is 11.5 Å². The lowest BCUT2D eigenvalue weighted by atomic mass is 10.3. The zero-order valence-corrected chi connectivity index (χ0v) is 6.70. The molecule has 62 valence electrons. The van der Waals surface area contributed by atoms with Crippen molar-refractivity contribution in [2.24, 2.45) is 11.5 Å². The Morgan fingerprint density at radius 2 is 2.18 bits per heavy atom. The normalized spacial score (nSPS) is 10.9. The summed E-state index contributed by atoms with van der Waals surface area (Å²) in [5.41, 5.74) is 12.1. The second kappa shape index (κ2) is 3.50. The van der Waals surface area contributed by atoms with E-state index in [2.05, 4.69) is 5.10 Å². The smallest absolute Gasteiger partial charge is 0.0763 e. The van der Waals surface area contributed by atoms with E-state index in [0.717, 1.165) is 5.56 Å². The van der Waals surface area contributed by atoms with Gasteiger partial charge in [-0.1, -0.05) is 0 Å². The molecule has 4 nitrogen and oxygen atoms in total. The summed E-state index contributed by atoms with van der Waals surface area (Å²) in [4.78, 5) is 0. The summed E-state index contributed by atoms with van der Waals surface area (Å²) < 4.78 is 1.81. The van der Waals surface area contributed by atoms with Crippen LogP contribution in [0.4, 0.5) is 0 Å². The van der Waals surface area contributed by atoms with Crippen LogP contribution in [0, 0.1) is 6.92 Å². The van der Waals surface area contributed by atoms with Gasteiger partial charge in [0.25, 0.3) is 0 Å². The summed E-state index contributed by atoms with van der Waals surface area (Å²) in [6.45, 7) is 3.07. The zero-order chi connectivity index (χ0) is 8.27. The Morgan fingerprint density at radius 1 is 1.55 bits per heavy atom. The van der Waals surface area contributed by atoms with Crippen molar-refractivity contribution in [2.45, 2.75) is 13.0 Å². The number of hydrogen-bond acceptors (Lipinski definition) is 3. The highest BCUT2D eigenvalue weighted by Gasteiger charge is 2.05. The Morgan fingerprint density at radius 3 is 2.55 bits per heavy atom. The van der Waals surface area contributed by atoms with E-state index in [4.69, 9.17) is 11.5 Å². The van der Waals surface area contributed by atoms with Gasteiger partial charge in [0, 0.05) is 19.3 Å². The van der Waals surface area contributed by atoms with Gasteiger partial charge in [0.05, 0.1) is 12.2 Å². The molecule has 1 rings (SSSR count). The van der Waals surface area contributed by atoms with E-state index in [0.29, 0.717) is 13.1 Å². The monoisotopic (exact) mass is 154 g/mol. The molecule has 0 spiro atoms. The molecule has 0 radical (unpaired) electrons. The molecule has 0 saturated carbocycles. The number of nitrogens with two attached hydrogens (primary N) is 2. The first kappa shape index (κ1) is 8.23. The average molecular weight is 154 g/mol. The van der Waals surface area contributed by atoms with E-state index >= 15 is 0 Å². The fraction of sp³-hybridized carbons (Fsp3) is 0.571. The van der Waals surface area contributed by atoms with Crippen LogP contribution in [0.2, 0.25) is 0 Å². The molecule has 0 aliphatic heterocycles. The fourth-order valence-corrected chi connectivity index (χ4v) is 0.945. The largest absolute Gasteiger partial charge is 0.328 e. The van der Waals surface area contributed by atoms with Gasteiger partial charge in [0.15, 0.2) is 0 Å². The Balaban J connectivity index is 2.73. The maximum Gasteiger partial charge on any atom is 0.0763 e. The van der Waals surface area contributed by atoms with Crippen molar-refractivity contribution in [2.75, 3.05) is 13.1 Å². The third-order valence-electron chi connectivity index (χ3n) is 1.65. The number of hydrogen-bond donors (Lipinski definition) is 2. The van der Waals surface area contributed by atoms with Crippen molar-refractivity contribution in [3.05, 3.63) is 18.0 Å². The predicted octanol–water partition coefficient (Wildman–Crippen LogP) is -0.350. The van der Waals surface area contributed by atoms with Gasteiger partial charge in [-0.05, 0) is 12.5 Å². The summed E-state index contributed by atoms with van der Waals surface area (Å²) in [6, 6.07) is 0.142. The minimum Gasteiger partial charge on any atom is -0.328 e. The minimum atomic E-state index is 0.142. The van der Waals surface area contributed by atoms with Crippen LogP contribution in [-0.4, -0.2) is 22.9 Å². The van der Waals surface area contributed by atoms with E-state index < -0.39 is 0 Å². The molecule has 0 aliphatic rings. The fourth-order valence-electron chi connectivity index (χ4n) is 0.945. The summed E-state index contributed by atoms with van der Waals surface area (Å²) in [5, 5.41) is 4.11. The van der Waals surface area contributed by atoms with Crippen molar-refractivity contribution in [3.63, 3.8) is 0 Å². The molecule has 1 aromatic heterocycles. The number of aryl methyl sites for hydroxylation is 1. The van der Waals surface area contributed by atoms with Gasteiger partial charge in [0.2, 0.25) is 0 Å². The zero-order valence-electron chi connectivity index (χ0n) is 6.70. The second-order valence-electron chi connectivity index (χ2n) is 2.62. The van der Waals surface area contributed by atoms with Gasteiger partial charge >= 0.3 is 0 Å². The van der Waals surface area contributed by atoms with Crippen LogP contribution in [0.1, 0.15) is 11.6 Å². The van der Waals surface area contributed by atoms with Crippen LogP contribution in [0.5, 0.6) is 0 Å². The molecule has 11 heavy (non-hydrogen) atoms. The highest BCUT2D eigenvalue weighted by Crippen LogP contribution is 2.02.